The monoisotopic (exact) mass is 417 g/mol. The van der Waals surface area contributed by atoms with Gasteiger partial charge in [-0.2, -0.15) is 0 Å². The smallest absolute Gasteiger partial charge is 0.226 e. The van der Waals surface area contributed by atoms with Gasteiger partial charge in [0, 0.05) is 31.5 Å². The van der Waals surface area contributed by atoms with E-state index in [2.05, 4.69) is 21.6 Å². The van der Waals surface area contributed by atoms with E-state index in [9.17, 15) is 9.59 Å². The highest BCUT2D eigenvalue weighted by molar-refractivity contribution is 5.80. The third-order valence-corrected chi connectivity index (χ3v) is 8.50. The maximum absolute atomic E-state index is 13.6. The van der Waals surface area contributed by atoms with Gasteiger partial charge in [-0.25, -0.2) is 0 Å². The van der Waals surface area contributed by atoms with E-state index >= 15 is 0 Å². The highest BCUT2D eigenvalue weighted by atomic mass is 16.2. The molecule has 0 aromatic carbocycles. The Kier molecular flexibility index (Phi) is 7.38. The van der Waals surface area contributed by atoms with Gasteiger partial charge in [0.2, 0.25) is 11.8 Å². The molecule has 4 aliphatic rings. The average molecular weight is 418 g/mol. The number of hydrogen-bond donors (Lipinski definition) is 0. The van der Waals surface area contributed by atoms with Gasteiger partial charge in [-0.05, 0) is 58.5 Å². The van der Waals surface area contributed by atoms with Crippen molar-refractivity contribution < 1.29 is 9.59 Å². The van der Waals surface area contributed by atoms with Gasteiger partial charge in [0.05, 0.1) is 12.1 Å². The first-order valence-corrected chi connectivity index (χ1v) is 12.9. The second-order valence-corrected chi connectivity index (χ2v) is 10.5. The van der Waals surface area contributed by atoms with Crippen molar-refractivity contribution in [1.29, 1.82) is 0 Å². The Balaban J connectivity index is 1.37. The number of fused-ring (bicyclic) bond motifs is 1. The van der Waals surface area contributed by atoms with Crippen molar-refractivity contribution in [2.24, 2.45) is 5.92 Å². The zero-order valence-electron chi connectivity index (χ0n) is 19.4. The number of carbonyl (C=O) groups excluding carboxylic acids is 2. The standard InChI is InChI=1S/C25H43N3O2/c1-19-18-27(23-12-8-9-13-24(23)28(19)20(2)29)25(30)21-14-16-26(17-15-21)22-10-6-4-3-5-7-11-22/h19,21-24H,3-18H2,1-2H3/t19-,23?,24?/m0/s1. The minimum atomic E-state index is 0.140. The summed E-state index contributed by atoms with van der Waals surface area (Å²) >= 11 is 0. The number of piperidine rings is 1. The van der Waals surface area contributed by atoms with Crippen LogP contribution in [-0.4, -0.2) is 70.3 Å². The van der Waals surface area contributed by atoms with Crippen molar-refractivity contribution in [3.05, 3.63) is 0 Å². The van der Waals surface area contributed by atoms with Gasteiger partial charge in [0.1, 0.15) is 0 Å². The van der Waals surface area contributed by atoms with Gasteiger partial charge in [-0.3, -0.25) is 9.59 Å². The van der Waals surface area contributed by atoms with Gasteiger partial charge in [-0.1, -0.05) is 44.9 Å². The van der Waals surface area contributed by atoms with Crippen LogP contribution in [0.5, 0.6) is 0 Å². The fourth-order valence-electron chi connectivity index (χ4n) is 6.96. The summed E-state index contributed by atoms with van der Waals surface area (Å²) in [7, 11) is 0. The zero-order chi connectivity index (χ0) is 21.1. The fraction of sp³-hybridized carbons (Fsp3) is 0.920. The minimum absolute atomic E-state index is 0.140. The Bertz CT molecular complexity index is 593. The lowest BCUT2D eigenvalue weighted by atomic mass is 9.83. The predicted molar refractivity (Wildman–Crippen MR) is 120 cm³/mol. The molecule has 30 heavy (non-hydrogen) atoms. The Morgan fingerprint density at radius 2 is 1.30 bits per heavy atom. The molecule has 2 unspecified atom stereocenters. The number of amides is 2. The van der Waals surface area contributed by atoms with E-state index in [4.69, 9.17) is 0 Å². The summed E-state index contributed by atoms with van der Waals surface area (Å²) in [5, 5.41) is 0. The van der Waals surface area contributed by atoms with E-state index < -0.39 is 0 Å². The van der Waals surface area contributed by atoms with E-state index in [0.29, 0.717) is 5.91 Å². The van der Waals surface area contributed by atoms with E-state index in [1.807, 2.05) is 0 Å². The molecule has 2 aliphatic heterocycles. The van der Waals surface area contributed by atoms with Crippen molar-refractivity contribution in [2.75, 3.05) is 19.6 Å². The molecule has 2 aliphatic carbocycles. The first-order valence-electron chi connectivity index (χ1n) is 12.9. The zero-order valence-corrected chi connectivity index (χ0v) is 19.4. The molecule has 5 nitrogen and oxygen atoms in total. The van der Waals surface area contributed by atoms with Crippen LogP contribution < -0.4 is 0 Å². The summed E-state index contributed by atoms with van der Waals surface area (Å²) in [5.41, 5.74) is 0. The van der Waals surface area contributed by atoms with Crippen LogP contribution in [-0.2, 0) is 9.59 Å². The number of hydrogen-bond acceptors (Lipinski definition) is 3. The lowest BCUT2D eigenvalue weighted by Crippen LogP contribution is -2.67. The topological polar surface area (TPSA) is 43.9 Å². The Labute approximate surface area is 183 Å². The Morgan fingerprint density at radius 3 is 1.93 bits per heavy atom. The largest absolute Gasteiger partial charge is 0.335 e. The third-order valence-electron chi connectivity index (χ3n) is 8.50. The van der Waals surface area contributed by atoms with Gasteiger partial charge < -0.3 is 14.7 Å². The molecule has 170 valence electrons. The summed E-state index contributed by atoms with van der Waals surface area (Å²) in [6.07, 6.45) is 16.2. The molecular weight excluding hydrogens is 374 g/mol. The second-order valence-electron chi connectivity index (χ2n) is 10.5. The van der Waals surface area contributed by atoms with Crippen molar-refractivity contribution in [2.45, 2.75) is 121 Å². The Hall–Kier alpha value is -1.10. The van der Waals surface area contributed by atoms with Crippen LogP contribution in [0, 0.1) is 5.92 Å². The molecule has 5 heteroatoms. The molecule has 0 bridgehead atoms. The van der Waals surface area contributed by atoms with Crippen LogP contribution in [0.15, 0.2) is 0 Å². The number of carbonyl (C=O) groups is 2. The summed E-state index contributed by atoms with van der Waals surface area (Å²) in [4.78, 5) is 32.9. The van der Waals surface area contributed by atoms with E-state index in [0.717, 1.165) is 51.4 Å². The molecule has 2 saturated heterocycles. The molecule has 4 fully saturated rings. The summed E-state index contributed by atoms with van der Waals surface area (Å²) in [6.45, 7) is 6.74. The SMILES string of the molecule is CC(=O)N1C2CCCCC2N(C(=O)C2CCN(C3CCCCCCC3)CC2)C[C@@H]1C. The second kappa shape index (κ2) is 10.0. The van der Waals surface area contributed by atoms with Crippen LogP contribution >= 0.6 is 0 Å². The summed E-state index contributed by atoms with van der Waals surface area (Å²) < 4.78 is 0. The molecule has 3 atom stereocenters. The van der Waals surface area contributed by atoms with Gasteiger partial charge >= 0.3 is 0 Å². The highest BCUT2D eigenvalue weighted by Crippen LogP contribution is 2.35. The number of nitrogens with zero attached hydrogens (tertiary/aromatic N) is 3. The van der Waals surface area contributed by atoms with Crippen LogP contribution in [0.25, 0.3) is 0 Å². The number of rotatable bonds is 2. The predicted octanol–water partition coefficient (Wildman–Crippen LogP) is 4.20. The molecule has 4 rings (SSSR count). The van der Waals surface area contributed by atoms with E-state index in [1.165, 1.54) is 57.8 Å². The fourth-order valence-corrected chi connectivity index (χ4v) is 6.96. The van der Waals surface area contributed by atoms with E-state index in [-0.39, 0.29) is 30.0 Å². The Morgan fingerprint density at radius 1 is 0.733 bits per heavy atom. The lowest BCUT2D eigenvalue weighted by Gasteiger charge is -2.53. The average Bonchev–Trinajstić information content (AvgIpc) is 2.72. The third kappa shape index (κ3) is 4.71. The molecule has 0 spiro atoms. The molecule has 0 N–H and O–H groups in total. The summed E-state index contributed by atoms with van der Waals surface area (Å²) in [5.74, 6) is 0.756. The van der Waals surface area contributed by atoms with Crippen molar-refractivity contribution in [1.82, 2.24) is 14.7 Å². The first-order chi connectivity index (χ1) is 14.6. The van der Waals surface area contributed by atoms with Gasteiger partial charge in [0.15, 0.2) is 0 Å². The maximum atomic E-state index is 13.6. The normalized spacial score (nSPS) is 32.9. The van der Waals surface area contributed by atoms with Crippen LogP contribution in [0.4, 0.5) is 0 Å². The first kappa shape index (κ1) is 22.1. The lowest BCUT2D eigenvalue weighted by molar-refractivity contribution is -0.156. The van der Waals surface area contributed by atoms with Crippen molar-refractivity contribution in [3.63, 3.8) is 0 Å². The van der Waals surface area contributed by atoms with Crippen molar-refractivity contribution >= 4 is 11.8 Å². The molecule has 0 aromatic heterocycles. The molecule has 0 radical (unpaired) electrons. The highest BCUT2D eigenvalue weighted by Gasteiger charge is 2.45. The molecule has 0 aromatic rings. The number of piperazine rings is 1. The van der Waals surface area contributed by atoms with Crippen LogP contribution in [0.1, 0.15) is 97.3 Å². The molecule has 2 amide bonds. The minimum Gasteiger partial charge on any atom is -0.335 e. The molecular formula is C25H43N3O2. The summed E-state index contributed by atoms with van der Waals surface area (Å²) in [6, 6.07) is 1.37. The van der Waals surface area contributed by atoms with Crippen LogP contribution in [0.3, 0.4) is 0 Å². The van der Waals surface area contributed by atoms with E-state index in [1.54, 1.807) is 6.92 Å². The quantitative estimate of drug-likeness (QED) is 0.676. The van der Waals surface area contributed by atoms with Gasteiger partial charge in [0.25, 0.3) is 0 Å². The molecule has 2 heterocycles. The maximum Gasteiger partial charge on any atom is 0.226 e. The van der Waals surface area contributed by atoms with Crippen molar-refractivity contribution in [3.8, 4) is 0 Å². The van der Waals surface area contributed by atoms with Gasteiger partial charge in [-0.15, -0.1) is 0 Å². The molecule has 2 saturated carbocycles. The van der Waals surface area contributed by atoms with Crippen LogP contribution in [0.2, 0.25) is 0 Å². The number of likely N-dealkylation sites (tertiary alicyclic amines) is 1.